The lowest BCUT2D eigenvalue weighted by Gasteiger charge is -2.36. The van der Waals surface area contributed by atoms with Crippen LogP contribution >= 0.6 is 12.2 Å². The van der Waals surface area contributed by atoms with Gasteiger partial charge in [0.25, 0.3) is 0 Å². The van der Waals surface area contributed by atoms with E-state index in [1.807, 2.05) is 6.07 Å². The molecule has 2 rings (SSSR count). The molecule has 19 heavy (non-hydrogen) atoms. The first kappa shape index (κ1) is 14.3. The second-order valence-electron chi connectivity index (χ2n) is 5.13. The van der Waals surface area contributed by atoms with Crippen molar-refractivity contribution in [3.8, 4) is 0 Å². The third-order valence-corrected chi connectivity index (χ3v) is 3.64. The first-order chi connectivity index (χ1) is 9.15. The van der Waals surface area contributed by atoms with Crippen molar-refractivity contribution in [2.24, 2.45) is 0 Å². The Kier molecular flexibility index (Phi) is 5.16. The number of nitrogens with one attached hydrogen (secondary N) is 1. The smallest absolute Gasteiger partial charge is 0.169 e. The van der Waals surface area contributed by atoms with Gasteiger partial charge in [0, 0.05) is 19.6 Å². The standard InChI is InChI=1S/C15H22N2OS/c1-12-10-17(11-13(2)18-12)15(19)16-9-8-14-6-4-3-5-7-14/h3-7,12-13H,8-11H2,1-2H3,(H,16,19)/t12-,13-/m1/s1. The van der Waals surface area contributed by atoms with E-state index in [0.717, 1.165) is 31.2 Å². The molecule has 1 aliphatic heterocycles. The third-order valence-electron chi connectivity index (χ3n) is 3.24. The topological polar surface area (TPSA) is 24.5 Å². The highest BCUT2D eigenvalue weighted by Crippen LogP contribution is 2.10. The Bertz CT molecular complexity index is 400. The van der Waals surface area contributed by atoms with E-state index >= 15 is 0 Å². The van der Waals surface area contributed by atoms with Crippen molar-refractivity contribution in [3.63, 3.8) is 0 Å². The molecule has 1 aromatic carbocycles. The highest BCUT2D eigenvalue weighted by Gasteiger charge is 2.23. The van der Waals surface area contributed by atoms with Crippen molar-refractivity contribution >= 4 is 17.3 Å². The SMILES string of the molecule is C[C@@H]1CN(C(=S)NCCc2ccccc2)C[C@@H](C)O1. The molecule has 0 bridgehead atoms. The molecule has 0 saturated carbocycles. The number of rotatable bonds is 3. The average Bonchev–Trinajstić information content (AvgIpc) is 2.38. The number of morpholine rings is 1. The van der Waals surface area contributed by atoms with Crippen LogP contribution in [0.25, 0.3) is 0 Å². The van der Waals surface area contributed by atoms with Crippen LogP contribution in [0.15, 0.2) is 30.3 Å². The Morgan fingerprint density at radius 2 is 1.89 bits per heavy atom. The minimum atomic E-state index is 0.248. The van der Waals surface area contributed by atoms with Crippen LogP contribution in [0, 0.1) is 0 Å². The monoisotopic (exact) mass is 278 g/mol. The van der Waals surface area contributed by atoms with Gasteiger partial charge in [-0.1, -0.05) is 30.3 Å². The van der Waals surface area contributed by atoms with Crippen molar-refractivity contribution in [3.05, 3.63) is 35.9 Å². The lowest BCUT2D eigenvalue weighted by atomic mass is 10.1. The van der Waals surface area contributed by atoms with Gasteiger partial charge in [0.05, 0.1) is 12.2 Å². The normalized spacial score (nSPS) is 23.2. The van der Waals surface area contributed by atoms with Crippen LogP contribution in [0.2, 0.25) is 0 Å². The number of nitrogens with zero attached hydrogens (tertiary/aromatic N) is 1. The summed E-state index contributed by atoms with van der Waals surface area (Å²) in [5.41, 5.74) is 1.33. The van der Waals surface area contributed by atoms with Crippen LogP contribution in [0.1, 0.15) is 19.4 Å². The fourth-order valence-electron chi connectivity index (χ4n) is 2.41. The number of thiocarbonyl (C=S) groups is 1. The van der Waals surface area contributed by atoms with Gasteiger partial charge >= 0.3 is 0 Å². The zero-order valence-electron chi connectivity index (χ0n) is 11.6. The van der Waals surface area contributed by atoms with E-state index in [9.17, 15) is 0 Å². The van der Waals surface area contributed by atoms with Crippen LogP contribution in [-0.4, -0.2) is 41.9 Å². The Morgan fingerprint density at radius 3 is 2.53 bits per heavy atom. The molecule has 1 fully saturated rings. The Labute approximate surface area is 120 Å². The van der Waals surface area contributed by atoms with Crippen LogP contribution in [0.5, 0.6) is 0 Å². The molecule has 0 aromatic heterocycles. The van der Waals surface area contributed by atoms with E-state index in [0.29, 0.717) is 0 Å². The molecule has 4 heteroatoms. The maximum atomic E-state index is 5.71. The van der Waals surface area contributed by atoms with Gasteiger partial charge in [-0.15, -0.1) is 0 Å². The van der Waals surface area contributed by atoms with Gasteiger partial charge in [0.2, 0.25) is 0 Å². The predicted molar refractivity (Wildman–Crippen MR) is 82.3 cm³/mol. The summed E-state index contributed by atoms with van der Waals surface area (Å²) in [5.74, 6) is 0. The number of benzene rings is 1. The highest BCUT2D eigenvalue weighted by molar-refractivity contribution is 7.80. The summed E-state index contributed by atoms with van der Waals surface area (Å²) in [4.78, 5) is 2.21. The van der Waals surface area contributed by atoms with E-state index in [4.69, 9.17) is 17.0 Å². The van der Waals surface area contributed by atoms with E-state index in [2.05, 4.69) is 48.3 Å². The van der Waals surface area contributed by atoms with E-state index < -0.39 is 0 Å². The summed E-state index contributed by atoms with van der Waals surface area (Å²) in [6, 6.07) is 10.5. The molecular formula is C15H22N2OS. The summed E-state index contributed by atoms with van der Waals surface area (Å²) < 4.78 is 5.71. The van der Waals surface area contributed by atoms with E-state index in [1.165, 1.54) is 5.56 Å². The largest absolute Gasteiger partial charge is 0.372 e. The van der Waals surface area contributed by atoms with Crippen LogP contribution in [0.4, 0.5) is 0 Å². The van der Waals surface area contributed by atoms with Crippen LogP contribution in [-0.2, 0) is 11.2 Å². The van der Waals surface area contributed by atoms with Gasteiger partial charge in [0.15, 0.2) is 5.11 Å². The van der Waals surface area contributed by atoms with Crippen molar-refractivity contribution in [2.75, 3.05) is 19.6 Å². The second-order valence-corrected chi connectivity index (χ2v) is 5.52. The molecule has 0 amide bonds. The zero-order valence-corrected chi connectivity index (χ0v) is 12.5. The Morgan fingerprint density at radius 1 is 1.26 bits per heavy atom. The Hall–Kier alpha value is -1.13. The average molecular weight is 278 g/mol. The summed E-state index contributed by atoms with van der Waals surface area (Å²) in [7, 11) is 0. The first-order valence-corrected chi connectivity index (χ1v) is 7.28. The number of hydrogen-bond donors (Lipinski definition) is 1. The maximum Gasteiger partial charge on any atom is 0.169 e. The molecule has 1 saturated heterocycles. The third kappa shape index (κ3) is 4.48. The van der Waals surface area contributed by atoms with Crippen molar-refractivity contribution in [1.29, 1.82) is 0 Å². The van der Waals surface area contributed by atoms with Gasteiger partial charge in [-0.3, -0.25) is 0 Å². The molecule has 3 nitrogen and oxygen atoms in total. The molecule has 1 aliphatic rings. The number of hydrogen-bond acceptors (Lipinski definition) is 2. The maximum absolute atomic E-state index is 5.71. The summed E-state index contributed by atoms with van der Waals surface area (Å²) >= 11 is 5.45. The van der Waals surface area contributed by atoms with Crippen molar-refractivity contribution in [2.45, 2.75) is 32.5 Å². The van der Waals surface area contributed by atoms with E-state index in [1.54, 1.807) is 0 Å². The fraction of sp³-hybridized carbons (Fsp3) is 0.533. The molecule has 1 aromatic rings. The lowest BCUT2D eigenvalue weighted by Crippen LogP contribution is -2.51. The van der Waals surface area contributed by atoms with Crippen LogP contribution < -0.4 is 5.32 Å². The molecule has 0 aliphatic carbocycles. The molecule has 0 unspecified atom stereocenters. The minimum absolute atomic E-state index is 0.248. The summed E-state index contributed by atoms with van der Waals surface area (Å²) in [6.45, 7) is 6.82. The second kappa shape index (κ2) is 6.87. The first-order valence-electron chi connectivity index (χ1n) is 6.87. The van der Waals surface area contributed by atoms with Crippen LogP contribution in [0.3, 0.4) is 0 Å². The van der Waals surface area contributed by atoms with Gasteiger partial charge < -0.3 is 15.0 Å². The highest BCUT2D eigenvalue weighted by atomic mass is 32.1. The molecule has 2 atom stereocenters. The molecule has 0 radical (unpaired) electrons. The van der Waals surface area contributed by atoms with Gasteiger partial charge in [0.1, 0.15) is 0 Å². The number of ether oxygens (including phenoxy) is 1. The molecule has 1 N–H and O–H groups in total. The van der Waals surface area contributed by atoms with Gasteiger partial charge in [-0.25, -0.2) is 0 Å². The van der Waals surface area contributed by atoms with Crippen molar-refractivity contribution in [1.82, 2.24) is 10.2 Å². The van der Waals surface area contributed by atoms with Crippen molar-refractivity contribution < 1.29 is 4.74 Å². The Balaban J connectivity index is 1.75. The summed E-state index contributed by atoms with van der Waals surface area (Å²) in [6.07, 6.45) is 1.49. The molecule has 104 valence electrons. The van der Waals surface area contributed by atoms with E-state index in [-0.39, 0.29) is 12.2 Å². The van der Waals surface area contributed by atoms with Gasteiger partial charge in [-0.05, 0) is 38.0 Å². The molecular weight excluding hydrogens is 256 g/mol. The molecule has 0 spiro atoms. The fourth-order valence-corrected chi connectivity index (χ4v) is 2.67. The molecule has 1 heterocycles. The van der Waals surface area contributed by atoms with Gasteiger partial charge in [-0.2, -0.15) is 0 Å². The summed E-state index contributed by atoms with van der Waals surface area (Å²) in [5, 5.41) is 4.19. The quantitative estimate of drug-likeness (QED) is 0.857. The zero-order chi connectivity index (χ0) is 13.7. The lowest BCUT2D eigenvalue weighted by molar-refractivity contribution is -0.0481. The minimum Gasteiger partial charge on any atom is -0.372 e. The predicted octanol–water partition coefficient (Wildman–Crippen LogP) is 2.21.